The summed E-state index contributed by atoms with van der Waals surface area (Å²) in [5.41, 5.74) is 5.02. The second-order valence-corrected chi connectivity index (χ2v) is 6.63. The van der Waals surface area contributed by atoms with Gasteiger partial charge in [-0.25, -0.2) is 0 Å². The molecule has 0 saturated heterocycles. The first-order valence-corrected chi connectivity index (χ1v) is 8.66. The van der Waals surface area contributed by atoms with Crippen molar-refractivity contribution in [3.63, 3.8) is 0 Å². The largest absolute Gasteiger partial charge is 0.483 e. The number of benzene rings is 2. The topological polar surface area (TPSA) is 29.5 Å². The number of fused-ring (bicyclic) bond motifs is 1. The maximum atomic E-state index is 12.4. The number of hydrogen-bond acceptors (Lipinski definition) is 2. The average molecular weight is 323 g/mol. The van der Waals surface area contributed by atoms with Crippen LogP contribution in [0.25, 0.3) is 0 Å². The van der Waals surface area contributed by atoms with Crippen molar-refractivity contribution in [2.45, 2.75) is 39.2 Å². The summed E-state index contributed by atoms with van der Waals surface area (Å²) in [6.07, 6.45) is 4.62. The van der Waals surface area contributed by atoms with Crippen LogP contribution in [-0.2, 0) is 24.2 Å². The van der Waals surface area contributed by atoms with E-state index in [9.17, 15) is 4.79 Å². The Hall–Kier alpha value is -2.29. The van der Waals surface area contributed by atoms with Gasteiger partial charge in [0.2, 0.25) is 0 Å². The molecule has 0 bridgehead atoms. The lowest BCUT2D eigenvalue weighted by molar-refractivity contribution is -0.132. The van der Waals surface area contributed by atoms with Gasteiger partial charge >= 0.3 is 0 Å². The molecule has 24 heavy (non-hydrogen) atoms. The van der Waals surface area contributed by atoms with Crippen molar-refractivity contribution >= 4 is 5.91 Å². The number of carbonyl (C=O) groups excluding carboxylic acids is 1. The van der Waals surface area contributed by atoms with Crippen LogP contribution in [0.2, 0.25) is 0 Å². The molecule has 0 aliphatic heterocycles. The third-order valence-corrected chi connectivity index (χ3v) is 4.67. The van der Waals surface area contributed by atoms with E-state index in [2.05, 4.69) is 37.3 Å². The van der Waals surface area contributed by atoms with Crippen molar-refractivity contribution in [1.29, 1.82) is 0 Å². The van der Waals surface area contributed by atoms with Gasteiger partial charge in [0.15, 0.2) is 6.61 Å². The first kappa shape index (κ1) is 16.6. The molecule has 0 radical (unpaired) electrons. The highest BCUT2D eigenvalue weighted by Gasteiger charge is 2.16. The summed E-state index contributed by atoms with van der Waals surface area (Å²) >= 11 is 0. The Kier molecular flexibility index (Phi) is 5.19. The molecule has 3 rings (SSSR count). The van der Waals surface area contributed by atoms with E-state index in [-0.39, 0.29) is 12.5 Å². The molecule has 0 heterocycles. The third kappa shape index (κ3) is 3.97. The van der Waals surface area contributed by atoms with Crippen molar-refractivity contribution in [3.8, 4) is 5.75 Å². The summed E-state index contributed by atoms with van der Waals surface area (Å²) in [6.45, 7) is 2.77. The average Bonchev–Trinajstić information content (AvgIpc) is 2.61. The number of aryl methyl sites for hydroxylation is 2. The minimum atomic E-state index is 0.00369. The Morgan fingerprint density at radius 2 is 1.83 bits per heavy atom. The van der Waals surface area contributed by atoms with E-state index in [1.165, 1.54) is 29.5 Å². The predicted molar refractivity (Wildman–Crippen MR) is 96.2 cm³/mol. The molecule has 1 amide bonds. The number of likely N-dealkylation sites (N-methyl/N-ethyl adjacent to an activating group) is 1. The maximum absolute atomic E-state index is 12.4. The van der Waals surface area contributed by atoms with E-state index in [1.807, 2.05) is 19.2 Å². The SMILES string of the molecule is Cc1ccc(CN(C)C(=O)COc2cccc3c2CCCC3)cc1. The Balaban J connectivity index is 1.58. The van der Waals surface area contributed by atoms with E-state index in [4.69, 9.17) is 4.74 Å². The fourth-order valence-corrected chi connectivity index (χ4v) is 3.19. The molecule has 0 saturated carbocycles. The van der Waals surface area contributed by atoms with Gasteiger partial charge in [-0.2, -0.15) is 0 Å². The van der Waals surface area contributed by atoms with Crippen LogP contribution in [0.4, 0.5) is 0 Å². The van der Waals surface area contributed by atoms with Gasteiger partial charge in [-0.05, 0) is 55.4 Å². The van der Waals surface area contributed by atoms with Crippen LogP contribution in [0.5, 0.6) is 5.75 Å². The van der Waals surface area contributed by atoms with Gasteiger partial charge < -0.3 is 9.64 Å². The molecule has 126 valence electrons. The van der Waals surface area contributed by atoms with Gasteiger partial charge in [-0.15, -0.1) is 0 Å². The first-order chi connectivity index (χ1) is 11.6. The summed E-state index contributed by atoms with van der Waals surface area (Å²) in [4.78, 5) is 14.1. The summed E-state index contributed by atoms with van der Waals surface area (Å²) < 4.78 is 5.85. The first-order valence-electron chi connectivity index (χ1n) is 8.66. The number of rotatable bonds is 5. The lowest BCUT2D eigenvalue weighted by atomic mass is 9.91. The Morgan fingerprint density at radius 3 is 2.62 bits per heavy atom. The Morgan fingerprint density at radius 1 is 1.08 bits per heavy atom. The summed E-state index contributed by atoms with van der Waals surface area (Å²) in [5.74, 6) is 0.883. The molecule has 0 atom stereocenters. The molecule has 0 fully saturated rings. The molecule has 2 aromatic rings. The zero-order chi connectivity index (χ0) is 16.9. The quantitative estimate of drug-likeness (QED) is 0.835. The number of carbonyl (C=O) groups is 1. The van der Waals surface area contributed by atoms with Crippen LogP contribution in [0.3, 0.4) is 0 Å². The van der Waals surface area contributed by atoms with E-state index in [0.717, 1.165) is 24.2 Å². The van der Waals surface area contributed by atoms with Gasteiger partial charge in [0.05, 0.1) is 0 Å². The van der Waals surface area contributed by atoms with Gasteiger partial charge in [0.1, 0.15) is 5.75 Å². The van der Waals surface area contributed by atoms with Crippen molar-refractivity contribution < 1.29 is 9.53 Å². The highest BCUT2D eigenvalue weighted by Crippen LogP contribution is 2.29. The summed E-state index contributed by atoms with van der Waals surface area (Å²) in [5, 5.41) is 0. The molecular formula is C21H25NO2. The molecule has 3 heteroatoms. The third-order valence-electron chi connectivity index (χ3n) is 4.67. The molecular weight excluding hydrogens is 298 g/mol. The fraction of sp³-hybridized carbons (Fsp3) is 0.381. The van der Waals surface area contributed by atoms with Crippen LogP contribution >= 0.6 is 0 Å². The lowest BCUT2D eigenvalue weighted by Crippen LogP contribution is -2.31. The maximum Gasteiger partial charge on any atom is 0.260 e. The zero-order valence-corrected chi connectivity index (χ0v) is 14.5. The Bertz CT molecular complexity index is 706. The van der Waals surface area contributed by atoms with E-state index >= 15 is 0 Å². The second-order valence-electron chi connectivity index (χ2n) is 6.63. The van der Waals surface area contributed by atoms with Crippen molar-refractivity contribution in [3.05, 3.63) is 64.7 Å². The van der Waals surface area contributed by atoms with Crippen molar-refractivity contribution in [1.82, 2.24) is 4.90 Å². The van der Waals surface area contributed by atoms with E-state index in [0.29, 0.717) is 6.54 Å². The monoisotopic (exact) mass is 323 g/mol. The van der Waals surface area contributed by atoms with Crippen LogP contribution in [0.1, 0.15) is 35.1 Å². The predicted octanol–water partition coefficient (Wildman–Crippen LogP) is 3.91. The van der Waals surface area contributed by atoms with Gasteiger partial charge in [0.25, 0.3) is 5.91 Å². The van der Waals surface area contributed by atoms with Crippen LogP contribution in [0, 0.1) is 6.92 Å². The smallest absolute Gasteiger partial charge is 0.260 e. The molecule has 2 aromatic carbocycles. The standard InChI is InChI=1S/C21H25NO2/c1-16-10-12-17(13-11-16)14-22(2)21(23)15-24-20-9-5-7-18-6-3-4-8-19(18)20/h5,7,9-13H,3-4,6,8,14-15H2,1-2H3. The van der Waals surface area contributed by atoms with E-state index in [1.54, 1.807) is 4.90 Å². The van der Waals surface area contributed by atoms with Crippen LogP contribution in [0.15, 0.2) is 42.5 Å². The molecule has 0 N–H and O–H groups in total. The molecule has 1 aliphatic rings. The minimum absolute atomic E-state index is 0.00369. The highest BCUT2D eigenvalue weighted by molar-refractivity contribution is 5.77. The van der Waals surface area contributed by atoms with Crippen molar-refractivity contribution in [2.75, 3.05) is 13.7 Å². The summed E-state index contributed by atoms with van der Waals surface area (Å²) in [6, 6.07) is 14.5. The normalized spacial score (nSPS) is 13.2. The van der Waals surface area contributed by atoms with Crippen LogP contribution < -0.4 is 4.74 Å². The number of hydrogen-bond donors (Lipinski definition) is 0. The highest BCUT2D eigenvalue weighted by atomic mass is 16.5. The number of nitrogens with zero attached hydrogens (tertiary/aromatic N) is 1. The number of ether oxygens (including phenoxy) is 1. The Labute approximate surface area is 144 Å². The molecule has 1 aliphatic carbocycles. The fourth-order valence-electron chi connectivity index (χ4n) is 3.19. The molecule has 3 nitrogen and oxygen atoms in total. The van der Waals surface area contributed by atoms with Gasteiger partial charge in [0, 0.05) is 13.6 Å². The van der Waals surface area contributed by atoms with E-state index < -0.39 is 0 Å². The van der Waals surface area contributed by atoms with Crippen LogP contribution in [-0.4, -0.2) is 24.5 Å². The minimum Gasteiger partial charge on any atom is -0.483 e. The van der Waals surface area contributed by atoms with Crippen molar-refractivity contribution in [2.24, 2.45) is 0 Å². The van der Waals surface area contributed by atoms with Gasteiger partial charge in [-0.3, -0.25) is 4.79 Å². The summed E-state index contributed by atoms with van der Waals surface area (Å²) in [7, 11) is 1.83. The van der Waals surface area contributed by atoms with Gasteiger partial charge in [-0.1, -0.05) is 42.0 Å². The lowest BCUT2D eigenvalue weighted by Gasteiger charge is -2.21. The zero-order valence-electron chi connectivity index (χ0n) is 14.5. The molecule has 0 spiro atoms. The second kappa shape index (κ2) is 7.52. The molecule has 0 unspecified atom stereocenters. The number of amides is 1. The molecule has 0 aromatic heterocycles.